The zero-order valence-corrected chi connectivity index (χ0v) is 9.16. The zero-order chi connectivity index (χ0) is 10.7. The van der Waals surface area contributed by atoms with Gasteiger partial charge in [0.2, 0.25) is 5.88 Å². The van der Waals surface area contributed by atoms with E-state index >= 15 is 0 Å². The largest absolute Gasteiger partial charge is 0.481 e. The zero-order valence-electron chi connectivity index (χ0n) is 9.16. The van der Waals surface area contributed by atoms with E-state index in [9.17, 15) is 0 Å². The molecule has 0 saturated carbocycles. The molecule has 2 N–H and O–H groups in total. The van der Waals surface area contributed by atoms with Gasteiger partial charge in [-0.05, 0) is 20.8 Å². The van der Waals surface area contributed by atoms with Crippen molar-refractivity contribution in [3.8, 4) is 5.88 Å². The van der Waals surface area contributed by atoms with Crippen LogP contribution in [-0.4, -0.2) is 23.1 Å². The molecule has 1 heterocycles. The van der Waals surface area contributed by atoms with Gasteiger partial charge in [-0.25, -0.2) is 4.98 Å². The van der Waals surface area contributed by atoms with Crippen LogP contribution in [0, 0.1) is 13.8 Å². The fraction of sp³-hybridized carbons (Fsp3) is 0.600. The molecule has 1 atom stereocenters. The second-order valence-electron chi connectivity index (χ2n) is 3.53. The molecular weight excluding hydrogens is 178 g/mol. The van der Waals surface area contributed by atoms with Gasteiger partial charge in [0.05, 0.1) is 12.8 Å². The molecule has 0 fully saturated rings. The van der Waals surface area contributed by atoms with Gasteiger partial charge in [-0.15, -0.1) is 0 Å². The van der Waals surface area contributed by atoms with Gasteiger partial charge in [-0.1, -0.05) is 0 Å². The van der Waals surface area contributed by atoms with E-state index in [1.165, 1.54) is 0 Å². The number of hydrogen-bond acceptors (Lipinski definition) is 4. The maximum absolute atomic E-state index is 5.73. The van der Waals surface area contributed by atoms with Crippen LogP contribution in [0.4, 0.5) is 0 Å². The van der Waals surface area contributed by atoms with E-state index in [0.717, 1.165) is 23.5 Å². The van der Waals surface area contributed by atoms with Crippen molar-refractivity contribution in [1.29, 1.82) is 0 Å². The molecule has 0 aliphatic carbocycles. The second kappa shape index (κ2) is 4.37. The summed E-state index contributed by atoms with van der Waals surface area (Å²) in [7, 11) is 1.62. The highest BCUT2D eigenvalue weighted by Gasteiger charge is 2.10. The SMILES string of the molecule is COc1nc(C)nc(CC(C)N)c1C. The van der Waals surface area contributed by atoms with Crippen LogP contribution in [-0.2, 0) is 6.42 Å². The number of rotatable bonds is 3. The first kappa shape index (κ1) is 10.9. The molecular formula is C10H17N3O. The Morgan fingerprint density at radius 2 is 2.00 bits per heavy atom. The third kappa shape index (κ3) is 2.42. The summed E-state index contributed by atoms with van der Waals surface area (Å²) >= 11 is 0. The maximum Gasteiger partial charge on any atom is 0.219 e. The average molecular weight is 195 g/mol. The summed E-state index contributed by atoms with van der Waals surface area (Å²) < 4.78 is 5.16. The Morgan fingerprint density at radius 3 is 2.50 bits per heavy atom. The Labute approximate surface area is 84.5 Å². The van der Waals surface area contributed by atoms with E-state index < -0.39 is 0 Å². The summed E-state index contributed by atoms with van der Waals surface area (Å²) in [6, 6.07) is 0.104. The molecule has 4 nitrogen and oxygen atoms in total. The van der Waals surface area contributed by atoms with Crippen LogP contribution < -0.4 is 10.5 Å². The third-order valence-electron chi connectivity index (χ3n) is 2.02. The van der Waals surface area contributed by atoms with Gasteiger partial charge in [0, 0.05) is 18.0 Å². The van der Waals surface area contributed by atoms with Crippen LogP contribution in [0.3, 0.4) is 0 Å². The van der Waals surface area contributed by atoms with Crippen molar-refractivity contribution in [3.63, 3.8) is 0 Å². The van der Waals surface area contributed by atoms with Crippen molar-refractivity contribution in [2.45, 2.75) is 33.2 Å². The van der Waals surface area contributed by atoms with Crippen LogP contribution in [0.15, 0.2) is 0 Å². The number of aryl methyl sites for hydroxylation is 1. The summed E-state index contributed by atoms with van der Waals surface area (Å²) in [5.74, 6) is 1.37. The standard InChI is InChI=1S/C10H17N3O/c1-6(11)5-9-7(2)10(14-4)13-8(3)12-9/h6H,5,11H2,1-4H3. The van der Waals surface area contributed by atoms with E-state index in [4.69, 9.17) is 10.5 Å². The number of hydrogen-bond donors (Lipinski definition) is 1. The van der Waals surface area contributed by atoms with Crippen LogP contribution in [0.25, 0.3) is 0 Å². The maximum atomic E-state index is 5.73. The van der Waals surface area contributed by atoms with Crippen molar-refractivity contribution in [2.75, 3.05) is 7.11 Å². The number of nitrogens with two attached hydrogens (primary N) is 1. The van der Waals surface area contributed by atoms with Gasteiger partial charge in [-0.3, -0.25) is 0 Å². The summed E-state index contributed by atoms with van der Waals surface area (Å²) in [4.78, 5) is 8.54. The van der Waals surface area contributed by atoms with Crippen molar-refractivity contribution in [2.24, 2.45) is 5.73 Å². The van der Waals surface area contributed by atoms with E-state index in [1.54, 1.807) is 7.11 Å². The summed E-state index contributed by atoms with van der Waals surface area (Å²) in [6.07, 6.45) is 0.756. The Hall–Kier alpha value is -1.16. The van der Waals surface area contributed by atoms with Crippen molar-refractivity contribution in [1.82, 2.24) is 9.97 Å². The lowest BCUT2D eigenvalue weighted by Gasteiger charge is -2.11. The fourth-order valence-corrected chi connectivity index (χ4v) is 1.36. The molecule has 0 aromatic carbocycles. The van der Waals surface area contributed by atoms with Crippen LogP contribution in [0.1, 0.15) is 24.0 Å². The van der Waals surface area contributed by atoms with Gasteiger partial charge in [-0.2, -0.15) is 4.98 Å². The third-order valence-corrected chi connectivity index (χ3v) is 2.02. The first-order valence-corrected chi connectivity index (χ1v) is 4.68. The minimum atomic E-state index is 0.104. The van der Waals surface area contributed by atoms with E-state index in [-0.39, 0.29) is 6.04 Å². The molecule has 0 aliphatic heterocycles. The smallest absolute Gasteiger partial charge is 0.219 e. The minimum Gasteiger partial charge on any atom is -0.481 e. The Kier molecular flexibility index (Phi) is 3.41. The number of methoxy groups -OCH3 is 1. The average Bonchev–Trinajstić information content (AvgIpc) is 2.09. The lowest BCUT2D eigenvalue weighted by molar-refractivity contribution is 0.390. The van der Waals surface area contributed by atoms with E-state index in [1.807, 2.05) is 20.8 Å². The minimum absolute atomic E-state index is 0.104. The molecule has 1 unspecified atom stereocenters. The molecule has 0 saturated heterocycles. The Balaban J connectivity index is 3.08. The normalized spacial score (nSPS) is 12.6. The highest BCUT2D eigenvalue weighted by atomic mass is 16.5. The summed E-state index contributed by atoms with van der Waals surface area (Å²) in [6.45, 7) is 5.77. The monoisotopic (exact) mass is 195 g/mol. The van der Waals surface area contributed by atoms with E-state index in [2.05, 4.69) is 9.97 Å². The molecule has 0 radical (unpaired) electrons. The highest BCUT2D eigenvalue weighted by molar-refractivity contribution is 5.29. The predicted octanol–water partition coefficient (Wildman–Crippen LogP) is 0.992. The van der Waals surface area contributed by atoms with Gasteiger partial charge in [0.25, 0.3) is 0 Å². The van der Waals surface area contributed by atoms with Crippen molar-refractivity contribution < 1.29 is 4.74 Å². The quantitative estimate of drug-likeness (QED) is 0.781. The Bertz CT molecular complexity index is 323. The molecule has 0 spiro atoms. The van der Waals surface area contributed by atoms with Crippen molar-refractivity contribution >= 4 is 0 Å². The summed E-state index contributed by atoms with van der Waals surface area (Å²) in [5.41, 5.74) is 7.69. The molecule has 78 valence electrons. The first-order chi connectivity index (χ1) is 6.54. The lowest BCUT2D eigenvalue weighted by atomic mass is 10.1. The highest BCUT2D eigenvalue weighted by Crippen LogP contribution is 2.18. The van der Waals surface area contributed by atoms with E-state index in [0.29, 0.717) is 5.88 Å². The molecule has 1 rings (SSSR count). The van der Waals surface area contributed by atoms with Gasteiger partial charge in [0.1, 0.15) is 5.82 Å². The van der Waals surface area contributed by atoms with Crippen LogP contribution in [0.2, 0.25) is 0 Å². The second-order valence-corrected chi connectivity index (χ2v) is 3.53. The number of aromatic nitrogens is 2. The molecule has 0 aliphatic rings. The van der Waals surface area contributed by atoms with Crippen molar-refractivity contribution in [3.05, 3.63) is 17.1 Å². The predicted molar refractivity (Wildman–Crippen MR) is 55.4 cm³/mol. The van der Waals surface area contributed by atoms with Gasteiger partial charge in [0.15, 0.2) is 0 Å². The molecule has 0 bridgehead atoms. The molecule has 14 heavy (non-hydrogen) atoms. The van der Waals surface area contributed by atoms with Crippen LogP contribution in [0.5, 0.6) is 5.88 Å². The summed E-state index contributed by atoms with van der Waals surface area (Å²) in [5, 5.41) is 0. The molecule has 1 aromatic heterocycles. The lowest BCUT2D eigenvalue weighted by Crippen LogP contribution is -2.20. The first-order valence-electron chi connectivity index (χ1n) is 4.68. The molecule has 4 heteroatoms. The number of nitrogens with zero attached hydrogens (tertiary/aromatic N) is 2. The fourth-order valence-electron chi connectivity index (χ4n) is 1.36. The molecule has 0 amide bonds. The number of ether oxygens (including phenoxy) is 1. The van der Waals surface area contributed by atoms with Gasteiger partial charge < -0.3 is 10.5 Å². The molecule has 1 aromatic rings. The topological polar surface area (TPSA) is 61.0 Å². The van der Waals surface area contributed by atoms with Gasteiger partial charge >= 0.3 is 0 Å². The van der Waals surface area contributed by atoms with Crippen LogP contribution >= 0.6 is 0 Å². The Morgan fingerprint density at radius 1 is 1.36 bits per heavy atom.